The number of piperidine rings is 1. The summed E-state index contributed by atoms with van der Waals surface area (Å²) >= 11 is 5.86. The van der Waals surface area contributed by atoms with Gasteiger partial charge in [0.15, 0.2) is 0 Å². The van der Waals surface area contributed by atoms with Crippen molar-refractivity contribution in [2.24, 2.45) is 5.92 Å². The number of nitro benzene ring substituents is 1. The first-order valence-corrected chi connectivity index (χ1v) is 8.23. The minimum Gasteiger partial charge on any atom is -0.390 e. The van der Waals surface area contributed by atoms with Crippen molar-refractivity contribution in [1.29, 1.82) is 0 Å². The normalized spacial score (nSPS) is 29.1. The summed E-state index contributed by atoms with van der Waals surface area (Å²) in [6.07, 6.45) is 5.10. The van der Waals surface area contributed by atoms with Gasteiger partial charge in [0.2, 0.25) is 0 Å². The van der Waals surface area contributed by atoms with Crippen molar-refractivity contribution in [1.82, 2.24) is 4.90 Å². The number of halogens is 1. The van der Waals surface area contributed by atoms with Crippen LogP contribution in [0.25, 0.3) is 0 Å². The molecule has 1 aromatic carbocycles. The largest absolute Gasteiger partial charge is 0.390 e. The van der Waals surface area contributed by atoms with E-state index in [1.165, 1.54) is 6.42 Å². The first-order valence-electron chi connectivity index (χ1n) is 7.85. The summed E-state index contributed by atoms with van der Waals surface area (Å²) in [5.74, 6) is 0.331. The molecular formula is C16H21ClN2O3. The molecule has 1 heterocycles. The van der Waals surface area contributed by atoms with E-state index in [-0.39, 0.29) is 10.7 Å². The molecule has 2 unspecified atom stereocenters. The van der Waals surface area contributed by atoms with Crippen LogP contribution < -0.4 is 0 Å². The van der Waals surface area contributed by atoms with Crippen LogP contribution in [0.1, 0.15) is 37.7 Å². The van der Waals surface area contributed by atoms with E-state index < -0.39 is 10.5 Å². The highest BCUT2D eigenvalue weighted by Gasteiger charge is 2.42. The van der Waals surface area contributed by atoms with E-state index in [1.54, 1.807) is 12.1 Å². The lowest BCUT2D eigenvalue weighted by Crippen LogP contribution is -2.52. The Balaban J connectivity index is 1.69. The lowest BCUT2D eigenvalue weighted by atomic mass is 9.71. The van der Waals surface area contributed by atoms with Crippen LogP contribution in [0.3, 0.4) is 0 Å². The van der Waals surface area contributed by atoms with Crippen molar-refractivity contribution in [3.05, 3.63) is 38.9 Å². The third-order valence-corrected chi connectivity index (χ3v) is 5.44. The molecular weight excluding hydrogens is 304 g/mol. The first kappa shape index (κ1) is 15.7. The topological polar surface area (TPSA) is 66.6 Å². The molecule has 1 aromatic rings. The van der Waals surface area contributed by atoms with Gasteiger partial charge in [-0.15, -0.1) is 0 Å². The molecule has 0 bridgehead atoms. The van der Waals surface area contributed by atoms with Gasteiger partial charge < -0.3 is 5.11 Å². The van der Waals surface area contributed by atoms with Crippen LogP contribution in [0.5, 0.6) is 0 Å². The Bertz CT molecular complexity index is 581. The van der Waals surface area contributed by atoms with Gasteiger partial charge in [0.05, 0.1) is 10.5 Å². The highest BCUT2D eigenvalue weighted by molar-refractivity contribution is 6.32. The van der Waals surface area contributed by atoms with Gasteiger partial charge in [-0.25, -0.2) is 0 Å². The molecule has 22 heavy (non-hydrogen) atoms. The number of rotatable bonds is 3. The van der Waals surface area contributed by atoms with Gasteiger partial charge in [0.25, 0.3) is 5.69 Å². The summed E-state index contributed by atoms with van der Waals surface area (Å²) in [5, 5.41) is 21.8. The molecule has 6 heteroatoms. The van der Waals surface area contributed by atoms with Crippen molar-refractivity contribution in [2.75, 3.05) is 13.1 Å². The van der Waals surface area contributed by atoms with Gasteiger partial charge in [-0.3, -0.25) is 15.0 Å². The van der Waals surface area contributed by atoms with E-state index >= 15 is 0 Å². The number of fused-ring (bicyclic) bond motifs is 1. The van der Waals surface area contributed by atoms with E-state index in [4.69, 9.17) is 11.6 Å². The van der Waals surface area contributed by atoms with Crippen LogP contribution >= 0.6 is 11.6 Å². The van der Waals surface area contributed by atoms with E-state index in [2.05, 4.69) is 4.90 Å². The molecule has 0 radical (unpaired) electrons. The first-order chi connectivity index (χ1) is 10.5. The maximum Gasteiger partial charge on any atom is 0.288 e. The number of aliphatic hydroxyl groups is 1. The molecule has 1 saturated heterocycles. The zero-order valence-corrected chi connectivity index (χ0v) is 13.3. The lowest BCUT2D eigenvalue weighted by molar-refractivity contribution is -0.384. The molecule has 0 amide bonds. The van der Waals surface area contributed by atoms with Crippen LogP contribution in [0, 0.1) is 16.0 Å². The molecule has 1 N–H and O–H groups in total. The Morgan fingerprint density at radius 3 is 3.00 bits per heavy atom. The summed E-state index contributed by atoms with van der Waals surface area (Å²) in [6.45, 7) is 2.38. The van der Waals surface area contributed by atoms with E-state index in [1.807, 2.05) is 6.07 Å². The van der Waals surface area contributed by atoms with Crippen LogP contribution in [0.4, 0.5) is 5.69 Å². The minimum absolute atomic E-state index is 0.0367. The number of benzene rings is 1. The van der Waals surface area contributed by atoms with Gasteiger partial charge in [-0.05, 0) is 30.9 Å². The van der Waals surface area contributed by atoms with Gasteiger partial charge in [-0.2, -0.15) is 0 Å². The Morgan fingerprint density at radius 1 is 1.41 bits per heavy atom. The van der Waals surface area contributed by atoms with Gasteiger partial charge in [-0.1, -0.05) is 30.5 Å². The smallest absolute Gasteiger partial charge is 0.288 e. The summed E-state index contributed by atoms with van der Waals surface area (Å²) in [5.41, 5.74) is 0.378. The van der Waals surface area contributed by atoms with Crippen molar-refractivity contribution in [3.63, 3.8) is 0 Å². The van der Waals surface area contributed by atoms with E-state index in [0.717, 1.165) is 44.3 Å². The van der Waals surface area contributed by atoms with Crippen LogP contribution in [-0.2, 0) is 6.54 Å². The minimum atomic E-state index is -0.485. The zero-order valence-electron chi connectivity index (χ0n) is 12.5. The Hall–Kier alpha value is -1.17. The Kier molecular flexibility index (Phi) is 4.39. The standard InChI is InChI=1S/C16H21ClN2O3/c17-14-5-4-12(9-15(14)19(21)22)10-18-8-7-16(20)6-2-1-3-13(16)11-18/h4-5,9,13,20H,1-3,6-8,10-11H2. The maximum atomic E-state index is 11.0. The SMILES string of the molecule is O=[N+]([O-])c1cc(CN2CCC3(O)CCCCC3C2)ccc1Cl. The second-order valence-electron chi connectivity index (χ2n) is 6.57. The number of likely N-dealkylation sites (tertiary alicyclic amines) is 1. The van der Waals surface area contributed by atoms with E-state index in [0.29, 0.717) is 12.5 Å². The quantitative estimate of drug-likeness (QED) is 0.683. The van der Waals surface area contributed by atoms with Crippen molar-refractivity contribution in [3.8, 4) is 0 Å². The van der Waals surface area contributed by atoms with Crippen LogP contribution in [-0.4, -0.2) is 33.6 Å². The molecule has 5 nitrogen and oxygen atoms in total. The Labute approximate surface area is 135 Å². The zero-order chi connectivity index (χ0) is 15.7. The molecule has 0 spiro atoms. The average Bonchev–Trinajstić information content (AvgIpc) is 2.49. The molecule has 0 aromatic heterocycles. The lowest BCUT2D eigenvalue weighted by Gasteiger charge is -2.47. The molecule has 120 valence electrons. The Morgan fingerprint density at radius 2 is 2.23 bits per heavy atom. The van der Waals surface area contributed by atoms with Crippen molar-refractivity contribution < 1.29 is 10.0 Å². The highest BCUT2D eigenvalue weighted by Crippen LogP contribution is 2.40. The molecule has 2 atom stereocenters. The summed E-state index contributed by atoms with van der Waals surface area (Å²) < 4.78 is 0. The highest BCUT2D eigenvalue weighted by atomic mass is 35.5. The molecule has 1 saturated carbocycles. The second-order valence-corrected chi connectivity index (χ2v) is 6.98. The van der Waals surface area contributed by atoms with Crippen LogP contribution in [0.2, 0.25) is 5.02 Å². The second kappa shape index (κ2) is 6.14. The van der Waals surface area contributed by atoms with Crippen LogP contribution in [0.15, 0.2) is 18.2 Å². The van der Waals surface area contributed by atoms with E-state index in [9.17, 15) is 15.2 Å². The fourth-order valence-electron chi connectivity index (χ4n) is 3.84. The number of hydrogen-bond acceptors (Lipinski definition) is 4. The third kappa shape index (κ3) is 3.12. The summed E-state index contributed by atoms with van der Waals surface area (Å²) in [7, 11) is 0. The average molecular weight is 325 g/mol. The van der Waals surface area contributed by atoms with Gasteiger partial charge >= 0.3 is 0 Å². The maximum absolute atomic E-state index is 11.0. The van der Waals surface area contributed by atoms with Crippen molar-refractivity contribution in [2.45, 2.75) is 44.2 Å². The predicted molar refractivity (Wildman–Crippen MR) is 84.9 cm³/mol. The number of nitrogens with zero attached hydrogens (tertiary/aromatic N) is 2. The van der Waals surface area contributed by atoms with Crippen molar-refractivity contribution >= 4 is 17.3 Å². The molecule has 1 aliphatic heterocycles. The number of nitro groups is 1. The monoisotopic (exact) mass is 324 g/mol. The van der Waals surface area contributed by atoms with Gasteiger partial charge in [0, 0.05) is 31.6 Å². The number of hydrogen-bond donors (Lipinski definition) is 1. The third-order valence-electron chi connectivity index (χ3n) is 5.13. The summed E-state index contributed by atoms with van der Waals surface area (Å²) in [4.78, 5) is 12.8. The molecule has 1 aliphatic carbocycles. The fourth-order valence-corrected chi connectivity index (χ4v) is 4.02. The fraction of sp³-hybridized carbons (Fsp3) is 0.625. The molecule has 3 rings (SSSR count). The van der Waals surface area contributed by atoms with Gasteiger partial charge in [0.1, 0.15) is 5.02 Å². The predicted octanol–water partition coefficient (Wildman–Crippen LogP) is 3.38. The molecule has 2 fully saturated rings. The molecule has 2 aliphatic rings. The summed E-state index contributed by atoms with van der Waals surface area (Å²) in [6, 6.07) is 5.00.